The van der Waals surface area contributed by atoms with Gasteiger partial charge in [-0.3, -0.25) is 14.5 Å². The number of amides is 1. The second kappa shape index (κ2) is 7.88. The lowest BCUT2D eigenvalue weighted by molar-refractivity contribution is -0.127. The lowest BCUT2D eigenvalue weighted by atomic mass is 9.88. The highest BCUT2D eigenvalue weighted by Gasteiger charge is 2.56. The molecule has 1 saturated heterocycles. The van der Waals surface area contributed by atoms with Gasteiger partial charge in [-0.05, 0) is 43.9 Å². The van der Waals surface area contributed by atoms with Crippen LogP contribution in [0.2, 0.25) is 0 Å². The number of likely N-dealkylation sites (tertiary alicyclic amines) is 1. The molecule has 3 heterocycles. The van der Waals surface area contributed by atoms with Gasteiger partial charge < -0.3 is 15.0 Å². The number of benzene rings is 1. The lowest BCUT2D eigenvalue weighted by Crippen LogP contribution is -2.48. The van der Waals surface area contributed by atoms with Crippen molar-refractivity contribution in [2.24, 2.45) is 17.8 Å². The van der Waals surface area contributed by atoms with Gasteiger partial charge in [-0.15, -0.1) is 0 Å². The van der Waals surface area contributed by atoms with E-state index in [1.54, 1.807) is 28.8 Å². The van der Waals surface area contributed by atoms with Gasteiger partial charge in [-0.1, -0.05) is 18.2 Å². The summed E-state index contributed by atoms with van der Waals surface area (Å²) in [5.41, 5.74) is 1.29. The molecule has 6 nitrogen and oxygen atoms in total. The van der Waals surface area contributed by atoms with Crippen molar-refractivity contribution >= 4 is 5.91 Å². The predicted octanol–water partition coefficient (Wildman–Crippen LogP) is 2.16. The van der Waals surface area contributed by atoms with E-state index in [-0.39, 0.29) is 36.0 Å². The molecule has 5 rings (SSSR count). The van der Waals surface area contributed by atoms with E-state index in [0.717, 1.165) is 25.1 Å². The van der Waals surface area contributed by atoms with Gasteiger partial charge in [0.2, 0.25) is 5.91 Å². The Bertz CT molecular complexity index is 1060. The lowest BCUT2D eigenvalue weighted by Gasteiger charge is -2.30. The summed E-state index contributed by atoms with van der Waals surface area (Å²) >= 11 is 0. The number of rotatable bonds is 6. The molecule has 2 N–H and O–H groups in total. The Balaban J connectivity index is 1.57. The summed E-state index contributed by atoms with van der Waals surface area (Å²) in [6.07, 6.45) is 2.30. The number of aliphatic hydroxyl groups excluding tert-OH is 1. The molecular formula is C24H28FN3O3. The first-order chi connectivity index (χ1) is 15.0. The van der Waals surface area contributed by atoms with Gasteiger partial charge in [0.05, 0.1) is 17.6 Å². The molecule has 4 atom stereocenters. The average Bonchev–Trinajstić information content (AvgIpc) is 3.41. The van der Waals surface area contributed by atoms with Crippen molar-refractivity contribution < 1.29 is 14.3 Å². The van der Waals surface area contributed by atoms with Gasteiger partial charge in [0, 0.05) is 49.3 Å². The average molecular weight is 426 g/mol. The number of hydrogen-bond donors (Lipinski definition) is 2. The fourth-order valence-corrected chi connectivity index (χ4v) is 5.58. The monoisotopic (exact) mass is 425 g/mol. The first-order valence-electron chi connectivity index (χ1n) is 11.2. The molecule has 1 amide bonds. The van der Waals surface area contributed by atoms with Crippen molar-refractivity contribution in [3.63, 3.8) is 0 Å². The molecule has 1 saturated carbocycles. The van der Waals surface area contributed by atoms with Crippen LogP contribution >= 0.6 is 0 Å². The molecule has 2 aliphatic heterocycles. The topological polar surface area (TPSA) is 74.6 Å². The van der Waals surface area contributed by atoms with Crippen molar-refractivity contribution in [1.82, 2.24) is 14.8 Å². The van der Waals surface area contributed by atoms with Crippen LogP contribution in [0, 0.1) is 23.6 Å². The van der Waals surface area contributed by atoms with Crippen LogP contribution in [0.15, 0.2) is 41.2 Å². The molecule has 2 aromatic rings. The molecule has 7 heteroatoms. The van der Waals surface area contributed by atoms with Crippen molar-refractivity contribution in [1.29, 1.82) is 0 Å². The first-order valence-corrected chi connectivity index (χ1v) is 11.2. The Morgan fingerprint density at radius 2 is 1.97 bits per heavy atom. The van der Waals surface area contributed by atoms with Crippen LogP contribution in [0.25, 0.3) is 11.1 Å². The standard InChI is InChI=1S/C24H28FN3O3/c1-2-26-23(30)22-18(13-29)17-12-27-20(21(17)28(22)11-14-7-8-14)10-9-16(24(27)31)15-5-3-4-6-19(15)25/h3-6,9-10,14,17-18,21-22,29H,2,7-8,11-13H2,1H3,(H,26,30)/t17-,18-,21+,22-/m1/s1. The molecule has 0 spiro atoms. The third-order valence-corrected chi connectivity index (χ3v) is 7.14. The zero-order chi connectivity index (χ0) is 21.7. The van der Waals surface area contributed by atoms with Crippen LogP contribution in [0.3, 0.4) is 0 Å². The van der Waals surface area contributed by atoms with E-state index < -0.39 is 11.9 Å². The highest BCUT2D eigenvalue weighted by atomic mass is 19.1. The number of aliphatic hydroxyl groups is 1. The number of likely N-dealkylation sites (N-methyl/N-ethyl adjacent to an activating group) is 1. The maximum absolute atomic E-state index is 14.3. The Morgan fingerprint density at radius 1 is 1.19 bits per heavy atom. The molecule has 0 unspecified atom stereocenters. The summed E-state index contributed by atoms with van der Waals surface area (Å²) in [6.45, 7) is 3.56. The van der Waals surface area contributed by atoms with E-state index in [1.807, 2.05) is 13.0 Å². The van der Waals surface area contributed by atoms with Crippen molar-refractivity contribution in [2.45, 2.75) is 38.4 Å². The molecule has 164 valence electrons. The Hall–Kier alpha value is -2.51. The van der Waals surface area contributed by atoms with Crippen molar-refractivity contribution in [3.8, 4) is 11.1 Å². The second-order valence-corrected chi connectivity index (χ2v) is 9.00. The predicted molar refractivity (Wildman–Crippen MR) is 115 cm³/mol. The van der Waals surface area contributed by atoms with E-state index in [9.17, 15) is 19.1 Å². The molecule has 1 aromatic carbocycles. The number of carbonyl (C=O) groups is 1. The van der Waals surface area contributed by atoms with Crippen LogP contribution in [-0.2, 0) is 11.3 Å². The minimum absolute atomic E-state index is 0.0278. The van der Waals surface area contributed by atoms with Crippen LogP contribution in [0.1, 0.15) is 31.5 Å². The quantitative estimate of drug-likeness (QED) is 0.744. The first kappa shape index (κ1) is 20.4. The highest BCUT2D eigenvalue weighted by molar-refractivity contribution is 5.82. The van der Waals surface area contributed by atoms with E-state index in [1.165, 1.54) is 6.07 Å². The van der Waals surface area contributed by atoms with Crippen molar-refractivity contribution in [3.05, 3.63) is 58.3 Å². The summed E-state index contributed by atoms with van der Waals surface area (Å²) in [4.78, 5) is 28.5. The maximum Gasteiger partial charge on any atom is 0.258 e. The summed E-state index contributed by atoms with van der Waals surface area (Å²) in [5, 5.41) is 13.2. The number of nitrogens with one attached hydrogen (secondary N) is 1. The molecule has 0 radical (unpaired) electrons. The van der Waals surface area contributed by atoms with Crippen LogP contribution < -0.4 is 10.9 Å². The molecule has 1 aliphatic carbocycles. The molecule has 31 heavy (non-hydrogen) atoms. The molecule has 1 aromatic heterocycles. The number of nitrogens with zero attached hydrogens (tertiary/aromatic N) is 2. The maximum atomic E-state index is 14.3. The molecule has 2 fully saturated rings. The summed E-state index contributed by atoms with van der Waals surface area (Å²) in [7, 11) is 0. The number of fused-ring (bicyclic) bond motifs is 3. The number of aromatic nitrogens is 1. The number of halogens is 1. The van der Waals surface area contributed by atoms with E-state index in [2.05, 4.69) is 10.2 Å². The van der Waals surface area contributed by atoms with Gasteiger partial charge in [0.1, 0.15) is 5.82 Å². The smallest absolute Gasteiger partial charge is 0.258 e. The minimum Gasteiger partial charge on any atom is -0.396 e. The van der Waals surface area contributed by atoms with E-state index >= 15 is 0 Å². The number of pyridine rings is 1. The van der Waals surface area contributed by atoms with Gasteiger partial charge in [-0.25, -0.2) is 4.39 Å². The van der Waals surface area contributed by atoms with Gasteiger partial charge >= 0.3 is 0 Å². The van der Waals surface area contributed by atoms with Crippen LogP contribution in [0.5, 0.6) is 0 Å². The van der Waals surface area contributed by atoms with E-state index in [4.69, 9.17) is 0 Å². The third kappa shape index (κ3) is 3.31. The Labute approximate surface area is 180 Å². The van der Waals surface area contributed by atoms with Crippen LogP contribution in [-0.4, -0.2) is 46.2 Å². The fraction of sp³-hybridized carbons (Fsp3) is 0.500. The van der Waals surface area contributed by atoms with Crippen LogP contribution in [0.4, 0.5) is 4.39 Å². The molecule has 0 bridgehead atoms. The Morgan fingerprint density at radius 3 is 2.65 bits per heavy atom. The third-order valence-electron chi connectivity index (χ3n) is 7.14. The zero-order valence-electron chi connectivity index (χ0n) is 17.6. The summed E-state index contributed by atoms with van der Waals surface area (Å²) in [5.74, 6) is -0.174. The number of carbonyl (C=O) groups excluding carboxylic acids is 1. The van der Waals surface area contributed by atoms with E-state index in [0.29, 0.717) is 30.1 Å². The normalized spacial score (nSPS) is 27.2. The molecule has 3 aliphatic rings. The fourth-order valence-electron chi connectivity index (χ4n) is 5.58. The second-order valence-electron chi connectivity index (χ2n) is 9.00. The van der Waals surface area contributed by atoms with Gasteiger partial charge in [0.25, 0.3) is 5.56 Å². The molecular weight excluding hydrogens is 397 g/mol. The highest BCUT2D eigenvalue weighted by Crippen LogP contribution is 2.50. The Kier molecular flexibility index (Phi) is 5.18. The minimum atomic E-state index is -0.418. The van der Waals surface area contributed by atoms with Crippen molar-refractivity contribution in [2.75, 3.05) is 19.7 Å². The largest absolute Gasteiger partial charge is 0.396 e. The SMILES string of the molecule is CCNC(=O)[C@H]1[C@H](CO)[C@H]2Cn3c(ccc(-c4ccccc4F)c3=O)[C@H]2N1CC1CC1. The summed E-state index contributed by atoms with van der Waals surface area (Å²) < 4.78 is 16.1. The van der Waals surface area contributed by atoms with Gasteiger partial charge in [0.15, 0.2) is 0 Å². The van der Waals surface area contributed by atoms with Gasteiger partial charge in [-0.2, -0.15) is 0 Å². The summed E-state index contributed by atoms with van der Waals surface area (Å²) in [6, 6.07) is 9.44. The zero-order valence-corrected chi connectivity index (χ0v) is 17.6. The number of hydrogen-bond acceptors (Lipinski definition) is 4.